The Labute approximate surface area is 133 Å². The maximum Gasteiger partial charge on any atom is 0.321 e. The number of hydrogen-bond donors (Lipinski definition) is 2. The molecule has 1 aromatic heterocycles. The lowest BCUT2D eigenvalue weighted by molar-refractivity contribution is -0.120. The highest BCUT2D eigenvalue weighted by molar-refractivity contribution is 5.95. The first-order valence-electron chi connectivity index (χ1n) is 7.06. The van der Waals surface area contributed by atoms with E-state index in [4.69, 9.17) is 4.42 Å². The van der Waals surface area contributed by atoms with Gasteiger partial charge in [-0.2, -0.15) is 0 Å². The smallest absolute Gasteiger partial charge is 0.321 e. The largest absolute Gasteiger partial charge is 0.467 e. The van der Waals surface area contributed by atoms with E-state index in [9.17, 15) is 14.0 Å². The van der Waals surface area contributed by atoms with Gasteiger partial charge in [0.25, 0.3) is 0 Å². The fourth-order valence-corrected chi connectivity index (χ4v) is 2.04. The molecular formula is C16H18FN3O3. The number of amides is 3. The lowest BCUT2D eigenvalue weighted by Crippen LogP contribution is -2.43. The Bertz CT molecular complexity index is 658. The molecule has 23 heavy (non-hydrogen) atoms. The van der Waals surface area contributed by atoms with E-state index in [0.717, 1.165) is 5.56 Å². The van der Waals surface area contributed by atoms with Crippen LogP contribution in [0.2, 0.25) is 0 Å². The van der Waals surface area contributed by atoms with Crippen LogP contribution in [0, 0.1) is 5.82 Å². The SMILES string of the molecule is CN(CC(=O)NC(=O)NCc1ccco1)Cc1cccc(F)c1. The van der Waals surface area contributed by atoms with Crippen LogP contribution >= 0.6 is 0 Å². The molecule has 0 aliphatic carbocycles. The van der Waals surface area contributed by atoms with Crippen LogP contribution in [0.15, 0.2) is 47.1 Å². The van der Waals surface area contributed by atoms with Gasteiger partial charge in [0.1, 0.15) is 11.6 Å². The summed E-state index contributed by atoms with van der Waals surface area (Å²) in [5.41, 5.74) is 0.752. The van der Waals surface area contributed by atoms with Crippen LogP contribution in [0.25, 0.3) is 0 Å². The zero-order valence-corrected chi connectivity index (χ0v) is 12.7. The number of carbonyl (C=O) groups excluding carboxylic acids is 2. The Morgan fingerprint density at radius 3 is 2.78 bits per heavy atom. The minimum Gasteiger partial charge on any atom is -0.467 e. The van der Waals surface area contributed by atoms with E-state index in [1.807, 2.05) is 0 Å². The maximum atomic E-state index is 13.1. The number of imide groups is 1. The highest BCUT2D eigenvalue weighted by Crippen LogP contribution is 2.05. The van der Waals surface area contributed by atoms with Gasteiger partial charge in [0.05, 0.1) is 19.4 Å². The molecule has 0 fully saturated rings. The van der Waals surface area contributed by atoms with Gasteiger partial charge in [0.2, 0.25) is 5.91 Å². The molecule has 1 aromatic carbocycles. The van der Waals surface area contributed by atoms with E-state index in [-0.39, 0.29) is 18.9 Å². The zero-order chi connectivity index (χ0) is 16.7. The van der Waals surface area contributed by atoms with Crippen LogP contribution in [0.5, 0.6) is 0 Å². The normalized spacial score (nSPS) is 10.6. The van der Waals surface area contributed by atoms with Crippen LogP contribution in [0.3, 0.4) is 0 Å². The second-order valence-electron chi connectivity index (χ2n) is 5.11. The highest BCUT2D eigenvalue weighted by atomic mass is 19.1. The number of nitrogens with one attached hydrogen (secondary N) is 2. The van der Waals surface area contributed by atoms with E-state index in [0.29, 0.717) is 12.3 Å². The summed E-state index contributed by atoms with van der Waals surface area (Å²) in [6, 6.07) is 8.99. The topological polar surface area (TPSA) is 74.6 Å². The Morgan fingerprint density at radius 2 is 2.09 bits per heavy atom. The summed E-state index contributed by atoms with van der Waals surface area (Å²) >= 11 is 0. The number of urea groups is 1. The van der Waals surface area contributed by atoms with E-state index in [1.165, 1.54) is 18.4 Å². The predicted molar refractivity (Wildman–Crippen MR) is 81.8 cm³/mol. The molecule has 0 atom stereocenters. The van der Waals surface area contributed by atoms with Gasteiger partial charge in [0.15, 0.2) is 0 Å². The molecule has 0 bridgehead atoms. The van der Waals surface area contributed by atoms with Crippen molar-refractivity contribution in [2.45, 2.75) is 13.1 Å². The number of nitrogens with zero attached hydrogens (tertiary/aromatic N) is 1. The molecule has 2 rings (SSSR count). The van der Waals surface area contributed by atoms with Crippen LogP contribution in [-0.4, -0.2) is 30.4 Å². The molecular weight excluding hydrogens is 301 g/mol. The number of furan rings is 1. The summed E-state index contributed by atoms with van der Waals surface area (Å²) in [7, 11) is 1.71. The van der Waals surface area contributed by atoms with Gasteiger partial charge in [0, 0.05) is 6.54 Å². The summed E-state index contributed by atoms with van der Waals surface area (Å²) in [6.45, 7) is 0.620. The lowest BCUT2D eigenvalue weighted by Gasteiger charge is -2.16. The number of carbonyl (C=O) groups is 2. The summed E-state index contributed by atoms with van der Waals surface area (Å²) in [4.78, 5) is 25.0. The van der Waals surface area contributed by atoms with Gasteiger partial charge in [-0.25, -0.2) is 9.18 Å². The van der Waals surface area contributed by atoms with Crippen LogP contribution in [0.1, 0.15) is 11.3 Å². The van der Waals surface area contributed by atoms with Gasteiger partial charge >= 0.3 is 6.03 Å². The second-order valence-corrected chi connectivity index (χ2v) is 5.11. The highest BCUT2D eigenvalue weighted by Gasteiger charge is 2.11. The fraction of sp³-hybridized carbons (Fsp3) is 0.250. The van der Waals surface area contributed by atoms with Gasteiger partial charge < -0.3 is 9.73 Å². The number of likely N-dealkylation sites (N-methyl/N-ethyl adjacent to an activating group) is 1. The van der Waals surface area contributed by atoms with Crippen molar-refractivity contribution in [1.82, 2.24) is 15.5 Å². The average molecular weight is 319 g/mol. The van der Waals surface area contributed by atoms with Crippen molar-refractivity contribution in [3.05, 3.63) is 59.8 Å². The molecule has 0 aliphatic rings. The molecule has 0 unspecified atom stereocenters. The second kappa shape index (κ2) is 8.09. The number of rotatable bonds is 6. The standard InChI is InChI=1S/C16H18FN3O3/c1-20(10-12-4-2-5-13(17)8-12)11-15(21)19-16(22)18-9-14-6-3-7-23-14/h2-8H,9-11H2,1H3,(H2,18,19,21,22). The van der Waals surface area contributed by atoms with Crippen molar-refractivity contribution in [2.24, 2.45) is 0 Å². The van der Waals surface area contributed by atoms with Crippen molar-refractivity contribution >= 4 is 11.9 Å². The molecule has 3 amide bonds. The molecule has 7 heteroatoms. The lowest BCUT2D eigenvalue weighted by atomic mass is 10.2. The number of hydrogen-bond acceptors (Lipinski definition) is 4. The number of halogens is 1. The Hall–Kier alpha value is -2.67. The minimum absolute atomic E-state index is 0.0185. The first kappa shape index (κ1) is 16.7. The number of benzene rings is 1. The van der Waals surface area contributed by atoms with E-state index in [1.54, 1.807) is 36.2 Å². The molecule has 0 saturated heterocycles. The molecule has 2 aromatic rings. The molecule has 0 radical (unpaired) electrons. The third kappa shape index (κ3) is 5.91. The summed E-state index contributed by atoms with van der Waals surface area (Å²) in [6.07, 6.45) is 1.50. The van der Waals surface area contributed by atoms with Crippen molar-refractivity contribution in [2.75, 3.05) is 13.6 Å². The van der Waals surface area contributed by atoms with E-state index >= 15 is 0 Å². The van der Waals surface area contributed by atoms with Crippen molar-refractivity contribution < 1.29 is 18.4 Å². The quantitative estimate of drug-likeness (QED) is 0.852. The van der Waals surface area contributed by atoms with Crippen LogP contribution < -0.4 is 10.6 Å². The van der Waals surface area contributed by atoms with Crippen molar-refractivity contribution in [3.63, 3.8) is 0 Å². The fourth-order valence-electron chi connectivity index (χ4n) is 2.04. The van der Waals surface area contributed by atoms with E-state index < -0.39 is 11.9 Å². The molecule has 2 N–H and O–H groups in total. The van der Waals surface area contributed by atoms with Gasteiger partial charge in [-0.15, -0.1) is 0 Å². The Kier molecular flexibility index (Phi) is 5.87. The van der Waals surface area contributed by atoms with Gasteiger partial charge in [-0.05, 0) is 36.9 Å². The third-order valence-corrected chi connectivity index (χ3v) is 3.01. The molecule has 1 heterocycles. The third-order valence-electron chi connectivity index (χ3n) is 3.01. The summed E-state index contributed by atoms with van der Waals surface area (Å²) < 4.78 is 18.2. The van der Waals surface area contributed by atoms with Gasteiger partial charge in [-0.1, -0.05) is 12.1 Å². The average Bonchev–Trinajstić information content (AvgIpc) is 2.98. The summed E-state index contributed by atoms with van der Waals surface area (Å²) in [5, 5.41) is 4.74. The van der Waals surface area contributed by atoms with Gasteiger partial charge in [-0.3, -0.25) is 15.0 Å². The maximum absolute atomic E-state index is 13.1. The Morgan fingerprint density at radius 1 is 1.26 bits per heavy atom. The van der Waals surface area contributed by atoms with E-state index in [2.05, 4.69) is 10.6 Å². The zero-order valence-electron chi connectivity index (χ0n) is 12.7. The molecule has 0 spiro atoms. The first-order chi connectivity index (χ1) is 11.0. The minimum atomic E-state index is -0.592. The summed E-state index contributed by atoms with van der Waals surface area (Å²) in [5.74, 6) is -0.172. The molecule has 0 saturated carbocycles. The Balaban J connectivity index is 1.71. The van der Waals surface area contributed by atoms with Crippen molar-refractivity contribution in [1.29, 1.82) is 0 Å². The van der Waals surface area contributed by atoms with Crippen molar-refractivity contribution in [3.8, 4) is 0 Å². The van der Waals surface area contributed by atoms with Crippen LogP contribution in [0.4, 0.5) is 9.18 Å². The monoisotopic (exact) mass is 319 g/mol. The molecule has 6 nitrogen and oxygen atoms in total. The predicted octanol–water partition coefficient (Wildman–Crippen LogP) is 1.88. The first-order valence-corrected chi connectivity index (χ1v) is 7.06. The van der Waals surface area contributed by atoms with Crippen LogP contribution in [-0.2, 0) is 17.9 Å². The molecule has 122 valence electrons. The molecule has 0 aliphatic heterocycles.